The molecule has 2 aromatic rings. The second kappa shape index (κ2) is 6.55. The maximum atomic E-state index is 12.0. The zero-order chi connectivity index (χ0) is 15.5. The fourth-order valence-corrected chi connectivity index (χ4v) is 3.51. The molecular weight excluding hydrogens is 374 g/mol. The molecule has 1 amide bonds. The molecule has 0 saturated heterocycles. The van der Waals surface area contributed by atoms with E-state index in [0.717, 1.165) is 15.4 Å². The molecule has 1 aromatic heterocycles. The molecule has 0 atom stereocenters. The molecule has 0 bridgehead atoms. The number of hydrogen-bond donors (Lipinski definition) is 1. The minimum absolute atomic E-state index is 0.325. The number of hydrogen-bond acceptors (Lipinski definition) is 4. The lowest BCUT2D eigenvalue weighted by molar-refractivity contribution is 0.0981. The van der Waals surface area contributed by atoms with Crippen molar-refractivity contribution in [3.8, 4) is 0 Å². The Kier molecular flexibility index (Phi) is 4.97. The number of rotatable bonds is 4. The van der Waals surface area contributed by atoms with Crippen molar-refractivity contribution in [3.63, 3.8) is 0 Å². The Morgan fingerprint density at radius 1 is 1.33 bits per heavy atom. The van der Waals surface area contributed by atoms with Gasteiger partial charge >= 0.3 is 0 Å². The highest BCUT2D eigenvalue weighted by molar-refractivity contribution is 9.10. The molecule has 0 unspecified atom stereocenters. The summed E-state index contributed by atoms with van der Waals surface area (Å²) in [5.74, 6) is -0.644. The molecule has 0 radical (unpaired) electrons. The molecule has 4 nitrogen and oxygen atoms in total. The molecule has 1 N–H and O–H groups in total. The Morgan fingerprint density at radius 3 is 2.71 bits per heavy atom. The zero-order valence-electron chi connectivity index (χ0n) is 11.0. The second-order valence-electron chi connectivity index (χ2n) is 4.29. The van der Waals surface area contributed by atoms with E-state index in [0.29, 0.717) is 11.1 Å². The van der Waals surface area contributed by atoms with E-state index in [1.54, 1.807) is 31.2 Å². The molecule has 7 heteroatoms. The van der Waals surface area contributed by atoms with Gasteiger partial charge in [-0.1, -0.05) is 15.9 Å². The third-order valence-electron chi connectivity index (χ3n) is 2.65. The van der Waals surface area contributed by atoms with Crippen LogP contribution in [0.1, 0.15) is 21.5 Å². The molecule has 0 aliphatic rings. The molecule has 1 aromatic carbocycles. The Bertz CT molecular complexity index is 781. The largest absolute Gasteiger partial charge is 0.268 e. The van der Waals surface area contributed by atoms with Crippen LogP contribution in [0.2, 0.25) is 0 Å². The maximum absolute atomic E-state index is 12.0. The first-order chi connectivity index (χ1) is 9.87. The van der Waals surface area contributed by atoms with Crippen molar-refractivity contribution in [2.75, 3.05) is 0 Å². The van der Waals surface area contributed by atoms with Crippen molar-refractivity contribution in [1.29, 1.82) is 0 Å². The summed E-state index contributed by atoms with van der Waals surface area (Å²) in [4.78, 5) is 12.0. The summed E-state index contributed by atoms with van der Waals surface area (Å²) in [7, 11) is -3.82. The van der Waals surface area contributed by atoms with E-state index in [2.05, 4.69) is 15.9 Å². The van der Waals surface area contributed by atoms with E-state index in [1.165, 1.54) is 17.4 Å². The first-order valence-electron chi connectivity index (χ1n) is 5.91. The first kappa shape index (κ1) is 15.9. The van der Waals surface area contributed by atoms with Gasteiger partial charge < -0.3 is 0 Å². The number of aryl methyl sites for hydroxylation is 1. The summed E-state index contributed by atoms with van der Waals surface area (Å²) in [6.07, 6.45) is 1.44. The standard InChI is InChI=1S/C14H12BrNO3S2/c1-10-8-12(15)2-3-13(10)14(17)16-21(18,19)7-5-11-4-6-20-9-11/h2-9H,1H3,(H,16,17)/b7-5+. The Labute approximate surface area is 135 Å². The molecule has 2 rings (SSSR count). The number of carbonyl (C=O) groups excluding carboxylic acids is 1. The van der Waals surface area contributed by atoms with Gasteiger partial charge in [0.1, 0.15) is 0 Å². The predicted molar refractivity (Wildman–Crippen MR) is 88.6 cm³/mol. The smallest absolute Gasteiger partial charge is 0.265 e. The van der Waals surface area contributed by atoms with Crippen molar-refractivity contribution in [3.05, 3.63) is 61.6 Å². The molecule has 0 fully saturated rings. The van der Waals surface area contributed by atoms with Crippen LogP contribution in [0.4, 0.5) is 0 Å². The van der Waals surface area contributed by atoms with Gasteiger partial charge in [-0.15, -0.1) is 0 Å². The van der Waals surface area contributed by atoms with E-state index in [4.69, 9.17) is 0 Å². The SMILES string of the molecule is Cc1cc(Br)ccc1C(=O)NS(=O)(=O)/C=C/c1ccsc1. The van der Waals surface area contributed by atoms with E-state index in [-0.39, 0.29) is 0 Å². The van der Waals surface area contributed by atoms with Gasteiger partial charge in [0.25, 0.3) is 15.9 Å². The molecule has 0 aliphatic heterocycles. The summed E-state index contributed by atoms with van der Waals surface area (Å²) in [5, 5.41) is 4.64. The summed E-state index contributed by atoms with van der Waals surface area (Å²) < 4.78 is 26.6. The Morgan fingerprint density at radius 2 is 2.10 bits per heavy atom. The number of thiophene rings is 1. The summed E-state index contributed by atoms with van der Waals surface area (Å²) >= 11 is 4.76. The second-order valence-corrected chi connectivity index (χ2v) is 7.56. The molecule has 0 spiro atoms. The first-order valence-corrected chi connectivity index (χ1v) is 9.19. The van der Waals surface area contributed by atoms with Gasteiger partial charge in [-0.25, -0.2) is 13.1 Å². The van der Waals surface area contributed by atoms with Crippen molar-refractivity contribution in [1.82, 2.24) is 4.72 Å². The summed E-state index contributed by atoms with van der Waals surface area (Å²) in [6, 6.07) is 6.81. The lowest BCUT2D eigenvalue weighted by atomic mass is 10.1. The normalized spacial score (nSPS) is 11.7. The van der Waals surface area contributed by atoms with Crippen molar-refractivity contribution < 1.29 is 13.2 Å². The summed E-state index contributed by atoms with van der Waals surface area (Å²) in [5.41, 5.74) is 1.79. The third kappa shape index (κ3) is 4.52. The zero-order valence-corrected chi connectivity index (χ0v) is 14.3. The third-order valence-corrected chi connectivity index (χ3v) is 4.81. The highest BCUT2D eigenvalue weighted by atomic mass is 79.9. The highest BCUT2D eigenvalue weighted by Gasteiger charge is 2.15. The molecule has 110 valence electrons. The molecule has 1 heterocycles. The van der Waals surface area contributed by atoms with Crippen LogP contribution in [0.5, 0.6) is 0 Å². The van der Waals surface area contributed by atoms with Crippen LogP contribution >= 0.6 is 27.3 Å². The van der Waals surface area contributed by atoms with Crippen LogP contribution in [0.3, 0.4) is 0 Å². The number of amides is 1. The fourth-order valence-electron chi connectivity index (χ4n) is 1.64. The van der Waals surface area contributed by atoms with Gasteiger partial charge in [-0.3, -0.25) is 4.79 Å². The molecule has 21 heavy (non-hydrogen) atoms. The monoisotopic (exact) mass is 385 g/mol. The number of carbonyl (C=O) groups is 1. The topological polar surface area (TPSA) is 63.2 Å². The van der Waals surface area contributed by atoms with E-state index in [9.17, 15) is 13.2 Å². The number of benzene rings is 1. The highest BCUT2D eigenvalue weighted by Crippen LogP contribution is 2.16. The number of halogens is 1. The van der Waals surface area contributed by atoms with Crippen LogP contribution in [-0.4, -0.2) is 14.3 Å². The molecule has 0 saturated carbocycles. The average molecular weight is 386 g/mol. The van der Waals surface area contributed by atoms with E-state index >= 15 is 0 Å². The van der Waals surface area contributed by atoms with E-state index < -0.39 is 15.9 Å². The van der Waals surface area contributed by atoms with Gasteiger partial charge in [-0.2, -0.15) is 11.3 Å². The van der Waals surface area contributed by atoms with Gasteiger partial charge in [-0.05, 0) is 59.2 Å². The average Bonchev–Trinajstić information content (AvgIpc) is 2.88. The van der Waals surface area contributed by atoms with Gasteiger partial charge in [0.05, 0.1) is 5.41 Å². The predicted octanol–water partition coefficient (Wildman–Crippen LogP) is 3.55. The van der Waals surface area contributed by atoms with E-state index in [1.807, 2.05) is 15.5 Å². The van der Waals surface area contributed by atoms with Crippen molar-refractivity contribution in [2.45, 2.75) is 6.92 Å². The van der Waals surface area contributed by atoms with Crippen LogP contribution in [0.15, 0.2) is 44.9 Å². The van der Waals surface area contributed by atoms with Crippen molar-refractivity contribution >= 4 is 49.3 Å². The van der Waals surface area contributed by atoms with Crippen LogP contribution in [0, 0.1) is 6.92 Å². The summed E-state index contributed by atoms with van der Waals surface area (Å²) in [6.45, 7) is 1.74. The number of sulfonamides is 1. The van der Waals surface area contributed by atoms with Gasteiger partial charge in [0.15, 0.2) is 0 Å². The lowest BCUT2D eigenvalue weighted by Crippen LogP contribution is -2.29. The molecular formula is C14H12BrNO3S2. The maximum Gasteiger partial charge on any atom is 0.265 e. The lowest BCUT2D eigenvalue weighted by Gasteiger charge is -2.06. The Hall–Kier alpha value is -1.44. The molecule has 0 aliphatic carbocycles. The number of nitrogens with one attached hydrogen (secondary N) is 1. The minimum atomic E-state index is -3.82. The quantitative estimate of drug-likeness (QED) is 0.874. The van der Waals surface area contributed by atoms with Crippen molar-refractivity contribution in [2.24, 2.45) is 0 Å². The fraction of sp³-hybridized carbons (Fsp3) is 0.0714. The van der Waals surface area contributed by atoms with Gasteiger partial charge in [0.2, 0.25) is 0 Å². The van der Waals surface area contributed by atoms with Crippen LogP contribution < -0.4 is 4.72 Å². The van der Waals surface area contributed by atoms with Crippen LogP contribution in [0.25, 0.3) is 6.08 Å². The Balaban J connectivity index is 2.14. The van der Waals surface area contributed by atoms with Crippen LogP contribution in [-0.2, 0) is 10.0 Å². The van der Waals surface area contributed by atoms with Gasteiger partial charge in [0, 0.05) is 10.0 Å². The minimum Gasteiger partial charge on any atom is -0.268 e.